The van der Waals surface area contributed by atoms with Gasteiger partial charge in [-0.25, -0.2) is 0 Å². The smallest absolute Gasteiger partial charge is 0.191 e. The molecule has 3 heteroatoms. The largest absolute Gasteiger partial charge is 0.387 e. The first-order chi connectivity index (χ1) is 9.12. The Morgan fingerprint density at radius 2 is 1.68 bits per heavy atom. The molecular formula is C16H32O3. The zero-order valence-corrected chi connectivity index (χ0v) is 13.0. The van der Waals surface area contributed by atoms with Gasteiger partial charge < -0.3 is 14.6 Å². The van der Waals surface area contributed by atoms with Crippen LogP contribution in [0.3, 0.4) is 0 Å². The third-order valence-corrected chi connectivity index (χ3v) is 4.28. The normalized spacial score (nSPS) is 30.9. The van der Waals surface area contributed by atoms with Crippen molar-refractivity contribution in [3.63, 3.8) is 0 Å². The number of ether oxygens (including phenoxy) is 2. The summed E-state index contributed by atoms with van der Waals surface area (Å²) in [6, 6.07) is 0. The molecule has 0 amide bonds. The van der Waals surface area contributed by atoms with Crippen molar-refractivity contribution in [1.29, 1.82) is 0 Å². The number of hydrogen-bond acceptors (Lipinski definition) is 3. The van der Waals surface area contributed by atoms with Gasteiger partial charge in [0.15, 0.2) is 5.79 Å². The third kappa shape index (κ3) is 5.80. The summed E-state index contributed by atoms with van der Waals surface area (Å²) in [5.74, 6) is -0.787. The molecule has 0 aromatic heterocycles. The highest BCUT2D eigenvalue weighted by molar-refractivity contribution is 4.85. The lowest BCUT2D eigenvalue weighted by atomic mass is 10.0. The molecule has 0 spiro atoms. The van der Waals surface area contributed by atoms with E-state index in [2.05, 4.69) is 6.92 Å². The first-order valence-corrected chi connectivity index (χ1v) is 8.03. The molecule has 1 rings (SSSR count). The maximum Gasteiger partial charge on any atom is 0.191 e. The van der Waals surface area contributed by atoms with Crippen molar-refractivity contribution in [3.05, 3.63) is 0 Å². The van der Waals surface area contributed by atoms with Gasteiger partial charge in [-0.3, -0.25) is 0 Å². The van der Waals surface area contributed by atoms with Gasteiger partial charge in [0.05, 0.1) is 6.10 Å². The van der Waals surface area contributed by atoms with Crippen molar-refractivity contribution in [2.24, 2.45) is 0 Å². The minimum Gasteiger partial charge on any atom is -0.387 e. The Morgan fingerprint density at radius 3 is 2.21 bits per heavy atom. The minimum absolute atomic E-state index is 0.167. The van der Waals surface area contributed by atoms with Crippen molar-refractivity contribution in [2.75, 3.05) is 7.11 Å². The molecule has 0 saturated carbocycles. The van der Waals surface area contributed by atoms with Crippen molar-refractivity contribution < 1.29 is 14.6 Å². The molecule has 1 fully saturated rings. The van der Waals surface area contributed by atoms with Gasteiger partial charge in [0.2, 0.25) is 0 Å². The number of rotatable bonds is 10. The molecule has 0 aromatic carbocycles. The maximum atomic E-state index is 9.89. The van der Waals surface area contributed by atoms with E-state index < -0.39 is 11.9 Å². The number of aliphatic hydroxyl groups excluding tert-OH is 1. The van der Waals surface area contributed by atoms with E-state index in [1.54, 1.807) is 7.11 Å². The fourth-order valence-corrected chi connectivity index (χ4v) is 2.79. The van der Waals surface area contributed by atoms with Crippen LogP contribution in [0.5, 0.6) is 0 Å². The molecular weight excluding hydrogens is 240 g/mol. The monoisotopic (exact) mass is 272 g/mol. The Balaban J connectivity index is 1.99. The van der Waals surface area contributed by atoms with E-state index >= 15 is 0 Å². The molecule has 1 saturated heterocycles. The van der Waals surface area contributed by atoms with Crippen LogP contribution < -0.4 is 0 Å². The molecule has 3 atom stereocenters. The molecule has 114 valence electrons. The van der Waals surface area contributed by atoms with Crippen molar-refractivity contribution >= 4 is 0 Å². The zero-order chi connectivity index (χ0) is 14.1. The summed E-state index contributed by atoms with van der Waals surface area (Å²) < 4.78 is 11.0. The maximum absolute atomic E-state index is 9.89. The standard InChI is InChI=1S/C16H32O3/c1-4-5-6-7-8-9-10-11-12-14-13-15(17)16(2,18-3)19-14/h14-15,17H,4-13H2,1-3H3. The van der Waals surface area contributed by atoms with Crippen LogP contribution in [0, 0.1) is 0 Å². The van der Waals surface area contributed by atoms with Crippen molar-refractivity contribution in [1.82, 2.24) is 0 Å². The molecule has 1 aliphatic rings. The van der Waals surface area contributed by atoms with E-state index in [0.717, 1.165) is 6.42 Å². The highest BCUT2D eigenvalue weighted by Gasteiger charge is 2.44. The Kier molecular flexibility index (Phi) is 7.96. The lowest BCUT2D eigenvalue weighted by Crippen LogP contribution is -2.37. The van der Waals surface area contributed by atoms with E-state index in [1.165, 1.54) is 51.4 Å². The van der Waals surface area contributed by atoms with Gasteiger partial charge in [-0.1, -0.05) is 58.3 Å². The average Bonchev–Trinajstić information content (AvgIpc) is 2.69. The molecule has 0 bridgehead atoms. The lowest BCUT2D eigenvalue weighted by molar-refractivity contribution is -0.232. The van der Waals surface area contributed by atoms with Crippen LogP contribution in [0.15, 0.2) is 0 Å². The van der Waals surface area contributed by atoms with Crippen molar-refractivity contribution in [3.8, 4) is 0 Å². The second kappa shape index (κ2) is 8.93. The average molecular weight is 272 g/mol. The summed E-state index contributed by atoms with van der Waals surface area (Å²) in [4.78, 5) is 0. The highest BCUT2D eigenvalue weighted by Crippen LogP contribution is 2.33. The van der Waals surface area contributed by atoms with E-state index in [9.17, 15) is 5.11 Å². The quantitative estimate of drug-likeness (QED) is 0.610. The first-order valence-electron chi connectivity index (χ1n) is 8.03. The zero-order valence-electron chi connectivity index (χ0n) is 13.0. The summed E-state index contributed by atoms with van der Waals surface area (Å²) in [5, 5.41) is 9.89. The second-order valence-corrected chi connectivity index (χ2v) is 5.97. The number of methoxy groups -OCH3 is 1. The van der Waals surface area contributed by atoms with Crippen LogP contribution in [-0.4, -0.2) is 30.2 Å². The molecule has 0 radical (unpaired) electrons. The fraction of sp³-hybridized carbons (Fsp3) is 1.00. The predicted molar refractivity (Wildman–Crippen MR) is 78.1 cm³/mol. The summed E-state index contributed by atoms with van der Waals surface area (Å²) in [6.45, 7) is 4.08. The summed E-state index contributed by atoms with van der Waals surface area (Å²) >= 11 is 0. The summed E-state index contributed by atoms with van der Waals surface area (Å²) in [6.07, 6.45) is 12.1. The molecule has 0 aliphatic carbocycles. The highest BCUT2D eigenvalue weighted by atomic mass is 16.7. The molecule has 0 aromatic rings. The van der Waals surface area contributed by atoms with Gasteiger partial charge >= 0.3 is 0 Å². The van der Waals surface area contributed by atoms with Crippen LogP contribution >= 0.6 is 0 Å². The SMILES string of the molecule is CCCCCCCCCCC1CC(O)C(C)(OC)O1. The minimum atomic E-state index is -0.787. The Morgan fingerprint density at radius 1 is 1.11 bits per heavy atom. The van der Waals surface area contributed by atoms with Gasteiger partial charge in [-0.2, -0.15) is 0 Å². The second-order valence-electron chi connectivity index (χ2n) is 5.97. The van der Waals surface area contributed by atoms with Gasteiger partial charge in [0.1, 0.15) is 6.10 Å². The lowest BCUT2D eigenvalue weighted by Gasteiger charge is -2.25. The van der Waals surface area contributed by atoms with Gasteiger partial charge in [-0.15, -0.1) is 0 Å². The molecule has 3 nitrogen and oxygen atoms in total. The fourth-order valence-electron chi connectivity index (χ4n) is 2.79. The van der Waals surface area contributed by atoms with Crippen LogP contribution in [-0.2, 0) is 9.47 Å². The van der Waals surface area contributed by atoms with Crippen molar-refractivity contribution in [2.45, 2.75) is 96.1 Å². The summed E-state index contributed by atoms with van der Waals surface area (Å²) in [5.41, 5.74) is 0. The Labute approximate surface area is 118 Å². The van der Waals surface area contributed by atoms with Gasteiger partial charge in [-0.05, 0) is 13.3 Å². The van der Waals surface area contributed by atoms with Crippen LogP contribution in [0.2, 0.25) is 0 Å². The van der Waals surface area contributed by atoms with E-state index in [-0.39, 0.29) is 6.10 Å². The molecule has 1 N–H and O–H groups in total. The van der Waals surface area contributed by atoms with Crippen LogP contribution in [0.4, 0.5) is 0 Å². The number of aliphatic hydroxyl groups is 1. The number of unbranched alkanes of at least 4 members (excludes halogenated alkanes) is 7. The Hall–Kier alpha value is -0.120. The topological polar surface area (TPSA) is 38.7 Å². The molecule has 1 aliphatic heterocycles. The van der Waals surface area contributed by atoms with Gasteiger partial charge in [0.25, 0.3) is 0 Å². The van der Waals surface area contributed by atoms with Gasteiger partial charge in [0, 0.05) is 13.5 Å². The summed E-state index contributed by atoms with van der Waals surface area (Å²) in [7, 11) is 1.60. The first kappa shape index (κ1) is 16.9. The van der Waals surface area contributed by atoms with Crippen LogP contribution in [0.25, 0.3) is 0 Å². The molecule has 19 heavy (non-hydrogen) atoms. The van der Waals surface area contributed by atoms with E-state index in [4.69, 9.17) is 9.47 Å². The van der Waals surface area contributed by atoms with E-state index in [0.29, 0.717) is 6.42 Å². The van der Waals surface area contributed by atoms with Crippen LogP contribution in [0.1, 0.15) is 78.1 Å². The van der Waals surface area contributed by atoms with E-state index in [1.807, 2.05) is 6.92 Å². The molecule has 1 heterocycles. The number of hydrogen-bond donors (Lipinski definition) is 1. The Bertz CT molecular complexity index is 232. The predicted octanol–water partition coefficient (Wildman–Crippen LogP) is 4.03. The molecule has 3 unspecified atom stereocenters. The third-order valence-electron chi connectivity index (χ3n) is 4.28.